The van der Waals surface area contributed by atoms with E-state index in [-0.39, 0.29) is 0 Å². The van der Waals surface area contributed by atoms with Gasteiger partial charge in [0.2, 0.25) is 0 Å². The van der Waals surface area contributed by atoms with Crippen molar-refractivity contribution in [1.29, 1.82) is 5.26 Å². The summed E-state index contributed by atoms with van der Waals surface area (Å²) in [6.07, 6.45) is 2.67. The van der Waals surface area contributed by atoms with Crippen molar-refractivity contribution in [3.05, 3.63) is 40.0 Å². The molecule has 0 aromatic carbocycles. The molecule has 0 amide bonds. The lowest BCUT2D eigenvalue weighted by Gasteiger charge is -2.05. The Labute approximate surface area is 104 Å². The number of rotatable bonds is 4. The lowest BCUT2D eigenvalue weighted by atomic mass is 10.2. The molecule has 86 valence electrons. The predicted octanol–water partition coefficient (Wildman–Crippen LogP) is 2.37. The van der Waals surface area contributed by atoms with Gasteiger partial charge in [-0.2, -0.15) is 5.26 Å². The molecule has 0 saturated heterocycles. The monoisotopic (exact) mass is 244 g/mol. The molecule has 2 aromatic heterocycles. The Morgan fingerprint density at radius 2 is 2.35 bits per heavy atom. The van der Waals surface area contributed by atoms with Gasteiger partial charge in [0.15, 0.2) is 0 Å². The van der Waals surface area contributed by atoms with Crippen LogP contribution in [-0.4, -0.2) is 16.5 Å². The third-order valence-corrected chi connectivity index (χ3v) is 3.05. The number of hydrogen-bond acceptors (Lipinski definition) is 5. The highest BCUT2D eigenvalue weighted by Gasteiger charge is 2.00. The smallest absolute Gasteiger partial charge is 0.127 e. The highest BCUT2D eigenvalue weighted by Crippen LogP contribution is 2.10. The predicted molar refractivity (Wildman–Crippen MR) is 68.0 cm³/mol. The summed E-state index contributed by atoms with van der Waals surface area (Å²) in [5.41, 5.74) is 1.48. The zero-order valence-corrected chi connectivity index (χ0v) is 10.3. The summed E-state index contributed by atoms with van der Waals surface area (Å²) < 4.78 is 0. The first-order chi connectivity index (χ1) is 8.28. The van der Waals surface area contributed by atoms with Crippen molar-refractivity contribution >= 4 is 17.2 Å². The third kappa shape index (κ3) is 3.26. The maximum atomic E-state index is 8.85. The summed E-state index contributed by atoms with van der Waals surface area (Å²) in [6, 6.07) is 5.65. The number of thiazole rings is 1. The van der Waals surface area contributed by atoms with Crippen molar-refractivity contribution in [1.82, 2.24) is 9.97 Å². The van der Waals surface area contributed by atoms with Crippen LogP contribution in [0.3, 0.4) is 0 Å². The zero-order chi connectivity index (χ0) is 12.1. The summed E-state index contributed by atoms with van der Waals surface area (Å²) in [4.78, 5) is 8.53. The lowest BCUT2D eigenvalue weighted by Crippen LogP contribution is -2.06. The highest BCUT2D eigenvalue weighted by atomic mass is 32.1. The molecular weight excluding hydrogens is 232 g/mol. The number of hydrogen-bond donors (Lipinski definition) is 1. The van der Waals surface area contributed by atoms with Gasteiger partial charge in [0.05, 0.1) is 16.6 Å². The van der Waals surface area contributed by atoms with Crippen LogP contribution < -0.4 is 5.32 Å². The fourth-order valence-corrected chi connectivity index (χ4v) is 2.12. The Morgan fingerprint density at radius 3 is 3.06 bits per heavy atom. The minimum atomic E-state index is 0.634. The van der Waals surface area contributed by atoms with Gasteiger partial charge in [-0.3, -0.25) is 0 Å². The molecule has 0 fully saturated rings. The molecular formula is C12H12N4S. The highest BCUT2D eigenvalue weighted by molar-refractivity contribution is 7.09. The van der Waals surface area contributed by atoms with Gasteiger partial charge in [-0.05, 0) is 19.1 Å². The molecule has 0 spiro atoms. The van der Waals surface area contributed by atoms with E-state index in [2.05, 4.69) is 21.4 Å². The van der Waals surface area contributed by atoms with Crippen LogP contribution in [0.2, 0.25) is 0 Å². The van der Waals surface area contributed by atoms with E-state index in [0.29, 0.717) is 5.56 Å². The second-order valence-electron chi connectivity index (χ2n) is 3.60. The van der Waals surface area contributed by atoms with E-state index in [9.17, 15) is 0 Å². The number of pyridine rings is 1. The minimum Gasteiger partial charge on any atom is -0.370 e. The molecule has 0 aliphatic heterocycles. The SMILES string of the molecule is Cc1cc(C#N)cc(NCCc2nccs2)n1. The second kappa shape index (κ2) is 5.41. The summed E-state index contributed by atoms with van der Waals surface area (Å²) in [6.45, 7) is 2.65. The number of aryl methyl sites for hydroxylation is 1. The van der Waals surface area contributed by atoms with Gasteiger partial charge < -0.3 is 5.32 Å². The van der Waals surface area contributed by atoms with Crippen LogP contribution in [-0.2, 0) is 6.42 Å². The van der Waals surface area contributed by atoms with Crippen molar-refractivity contribution in [3.8, 4) is 6.07 Å². The largest absolute Gasteiger partial charge is 0.370 e. The average molecular weight is 244 g/mol. The molecule has 2 aromatic rings. The summed E-state index contributed by atoms with van der Waals surface area (Å²) in [7, 11) is 0. The molecule has 0 radical (unpaired) electrons. The van der Waals surface area contributed by atoms with E-state index in [1.165, 1.54) is 0 Å². The number of nitrogens with zero attached hydrogens (tertiary/aromatic N) is 3. The molecule has 0 bridgehead atoms. The fraction of sp³-hybridized carbons (Fsp3) is 0.250. The third-order valence-electron chi connectivity index (χ3n) is 2.21. The minimum absolute atomic E-state index is 0.634. The van der Waals surface area contributed by atoms with Crippen LogP contribution in [0.25, 0.3) is 0 Å². The van der Waals surface area contributed by atoms with Crippen molar-refractivity contribution in [2.45, 2.75) is 13.3 Å². The summed E-state index contributed by atoms with van der Waals surface area (Å²) in [5.74, 6) is 0.748. The van der Waals surface area contributed by atoms with Crippen LogP contribution in [0.4, 0.5) is 5.82 Å². The zero-order valence-electron chi connectivity index (χ0n) is 9.47. The molecule has 4 nitrogen and oxygen atoms in total. The van der Waals surface area contributed by atoms with Crippen molar-refractivity contribution < 1.29 is 0 Å². The van der Waals surface area contributed by atoms with Crippen LogP contribution in [0.1, 0.15) is 16.3 Å². The van der Waals surface area contributed by atoms with E-state index in [0.717, 1.165) is 29.5 Å². The van der Waals surface area contributed by atoms with Gasteiger partial charge in [0.1, 0.15) is 5.82 Å². The number of nitriles is 1. The molecule has 5 heteroatoms. The van der Waals surface area contributed by atoms with E-state index >= 15 is 0 Å². The summed E-state index contributed by atoms with van der Waals surface area (Å²) >= 11 is 1.65. The maximum Gasteiger partial charge on any atom is 0.127 e. The Hall–Kier alpha value is -1.93. The molecule has 2 heterocycles. The maximum absolute atomic E-state index is 8.85. The van der Waals surface area contributed by atoms with Crippen LogP contribution in [0, 0.1) is 18.3 Å². The Bertz CT molecular complexity index is 528. The molecule has 0 saturated carbocycles. The molecule has 0 unspecified atom stereocenters. The fourth-order valence-electron chi connectivity index (χ4n) is 1.50. The van der Waals surface area contributed by atoms with Crippen molar-refractivity contribution in [2.75, 3.05) is 11.9 Å². The average Bonchev–Trinajstić information content (AvgIpc) is 2.81. The molecule has 2 rings (SSSR count). The molecule has 0 aliphatic rings. The molecule has 0 atom stereocenters. The Kier molecular flexibility index (Phi) is 3.68. The number of aromatic nitrogens is 2. The second-order valence-corrected chi connectivity index (χ2v) is 4.58. The van der Waals surface area contributed by atoms with Crippen LogP contribution in [0.5, 0.6) is 0 Å². The van der Waals surface area contributed by atoms with Gasteiger partial charge in [0.25, 0.3) is 0 Å². The van der Waals surface area contributed by atoms with Crippen molar-refractivity contribution in [3.63, 3.8) is 0 Å². The van der Waals surface area contributed by atoms with Crippen molar-refractivity contribution in [2.24, 2.45) is 0 Å². The summed E-state index contributed by atoms with van der Waals surface area (Å²) in [5, 5.41) is 15.1. The lowest BCUT2D eigenvalue weighted by molar-refractivity contribution is 0.983. The van der Waals surface area contributed by atoms with Gasteiger partial charge in [0, 0.05) is 30.2 Å². The van der Waals surface area contributed by atoms with Gasteiger partial charge in [-0.1, -0.05) is 0 Å². The first-order valence-electron chi connectivity index (χ1n) is 5.29. The van der Waals surface area contributed by atoms with Gasteiger partial charge in [-0.25, -0.2) is 9.97 Å². The van der Waals surface area contributed by atoms with E-state index in [1.807, 2.05) is 12.3 Å². The Morgan fingerprint density at radius 1 is 1.47 bits per heavy atom. The topological polar surface area (TPSA) is 61.6 Å². The molecule has 17 heavy (non-hydrogen) atoms. The number of nitrogens with one attached hydrogen (secondary N) is 1. The number of anilines is 1. The van der Waals surface area contributed by atoms with Gasteiger partial charge >= 0.3 is 0 Å². The first kappa shape index (κ1) is 11.6. The molecule has 0 aliphatic carbocycles. The van der Waals surface area contributed by atoms with Crippen LogP contribution in [0.15, 0.2) is 23.7 Å². The Balaban J connectivity index is 1.95. The normalized spacial score (nSPS) is 9.88. The van der Waals surface area contributed by atoms with Gasteiger partial charge in [-0.15, -0.1) is 11.3 Å². The van der Waals surface area contributed by atoms with Crippen LogP contribution >= 0.6 is 11.3 Å². The quantitative estimate of drug-likeness (QED) is 0.897. The van der Waals surface area contributed by atoms with E-state index in [4.69, 9.17) is 5.26 Å². The molecule has 1 N–H and O–H groups in total. The van der Waals surface area contributed by atoms with E-state index in [1.54, 1.807) is 29.7 Å². The van der Waals surface area contributed by atoms with E-state index < -0.39 is 0 Å². The standard InChI is InChI=1S/C12H12N4S/c1-9-6-10(8-13)7-11(16-9)14-3-2-12-15-4-5-17-12/h4-7H,2-3H2,1H3,(H,14,16). The first-order valence-corrected chi connectivity index (χ1v) is 6.17.